The Morgan fingerprint density at radius 3 is 2.80 bits per heavy atom. The number of nitrogens with one attached hydrogen (secondary N) is 1. The third-order valence-corrected chi connectivity index (χ3v) is 3.34. The Bertz CT molecular complexity index is 711. The van der Waals surface area contributed by atoms with Crippen molar-refractivity contribution in [1.82, 2.24) is 15.3 Å². The maximum Gasteiger partial charge on any atom is 0.134 e. The van der Waals surface area contributed by atoms with E-state index >= 15 is 0 Å². The molecule has 3 rings (SSSR count). The molecule has 0 bridgehead atoms. The molecule has 20 heavy (non-hydrogen) atoms. The van der Waals surface area contributed by atoms with Crippen molar-refractivity contribution in [3.05, 3.63) is 59.3 Å². The summed E-state index contributed by atoms with van der Waals surface area (Å²) in [6.07, 6.45) is 5.10. The number of rotatable bonds is 4. The van der Waals surface area contributed by atoms with Gasteiger partial charge in [-0.05, 0) is 30.8 Å². The minimum atomic E-state index is -0.0626. The second kappa shape index (κ2) is 5.61. The van der Waals surface area contributed by atoms with Gasteiger partial charge in [0.05, 0.1) is 6.04 Å². The zero-order valence-corrected chi connectivity index (χ0v) is 11.8. The molecule has 1 N–H and O–H groups in total. The molecule has 0 amide bonds. The van der Waals surface area contributed by atoms with Crippen molar-refractivity contribution < 1.29 is 4.42 Å². The summed E-state index contributed by atoms with van der Waals surface area (Å²) in [6, 6.07) is 7.54. The van der Waals surface area contributed by atoms with Crippen molar-refractivity contribution in [2.75, 3.05) is 6.54 Å². The third-order valence-electron chi connectivity index (χ3n) is 3.10. The zero-order valence-electron chi connectivity index (χ0n) is 11.0. The van der Waals surface area contributed by atoms with E-state index in [0.717, 1.165) is 28.8 Å². The molecule has 5 heteroatoms. The van der Waals surface area contributed by atoms with Crippen LogP contribution in [0.2, 0.25) is 5.02 Å². The van der Waals surface area contributed by atoms with Crippen LogP contribution < -0.4 is 5.32 Å². The molecule has 102 valence electrons. The summed E-state index contributed by atoms with van der Waals surface area (Å²) < 4.78 is 5.92. The molecule has 0 aliphatic carbocycles. The number of furan rings is 1. The Labute approximate surface area is 121 Å². The largest absolute Gasteiger partial charge is 0.459 e. The first-order valence-corrected chi connectivity index (χ1v) is 6.83. The van der Waals surface area contributed by atoms with Crippen molar-refractivity contribution in [3.63, 3.8) is 0 Å². The van der Waals surface area contributed by atoms with Crippen LogP contribution in [0.15, 0.2) is 47.4 Å². The summed E-state index contributed by atoms with van der Waals surface area (Å²) in [6.45, 7) is 2.87. The number of hydrogen-bond acceptors (Lipinski definition) is 4. The Morgan fingerprint density at radius 1 is 1.25 bits per heavy atom. The summed E-state index contributed by atoms with van der Waals surface area (Å²) in [5, 5.41) is 5.08. The minimum Gasteiger partial charge on any atom is -0.459 e. The van der Waals surface area contributed by atoms with Gasteiger partial charge in [0.1, 0.15) is 17.7 Å². The molecule has 3 aromatic rings. The van der Waals surface area contributed by atoms with Gasteiger partial charge in [-0.25, -0.2) is 9.97 Å². The van der Waals surface area contributed by atoms with Crippen LogP contribution in [0, 0.1) is 0 Å². The lowest BCUT2D eigenvalue weighted by molar-refractivity contribution is 0.475. The fourth-order valence-electron chi connectivity index (χ4n) is 2.22. The van der Waals surface area contributed by atoms with Crippen molar-refractivity contribution in [1.29, 1.82) is 0 Å². The summed E-state index contributed by atoms with van der Waals surface area (Å²) in [5.41, 5.74) is 1.80. The fourth-order valence-corrected chi connectivity index (χ4v) is 2.40. The molecule has 2 aromatic heterocycles. The van der Waals surface area contributed by atoms with Gasteiger partial charge < -0.3 is 9.73 Å². The maximum absolute atomic E-state index is 6.01. The lowest BCUT2D eigenvalue weighted by Crippen LogP contribution is -2.21. The Kier molecular flexibility index (Phi) is 3.67. The van der Waals surface area contributed by atoms with Crippen molar-refractivity contribution in [3.8, 4) is 0 Å². The number of hydrogen-bond donors (Lipinski definition) is 1. The second-order valence-corrected chi connectivity index (χ2v) is 4.93. The van der Waals surface area contributed by atoms with Crippen LogP contribution >= 0.6 is 11.6 Å². The highest BCUT2D eigenvalue weighted by Gasteiger charge is 2.18. The molecule has 1 unspecified atom stereocenters. The fraction of sp³-hybridized carbons (Fsp3) is 0.200. The van der Waals surface area contributed by atoms with Crippen LogP contribution in [-0.2, 0) is 0 Å². The van der Waals surface area contributed by atoms with Crippen LogP contribution in [-0.4, -0.2) is 16.5 Å². The monoisotopic (exact) mass is 287 g/mol. The van der Waals surface area contributed by atoms with Gasteiger partial charge in [0.2, 0.25) is 0 Å². The van der Waals surface area contributed by atoms with Crippen molar-refractivity contribution >= 4 is 22.6 Å². The lowest BCUT2D eigenvalue weighted by atomic mass is 10.1. The van der Waals surface area contributed by atoms with Gasteiger partial charge in [0.15, 0.2) is 0 Å². The molecule has 1 aromatic carbocycles. The van der Waals surface area contributed by atoms with Crippen LogP contribution in [0.4, 0.5) is 0 Å². The first kappa shape index (κ1) is 13.1. The van der Waals surface area contributed by atoms with Crippen LogP contribution in [0.1, 0.15) is 24.3 Å². The molecule has 0 aliphatic heterocycles. The third kappa shape index (κ3) is 2.53. The van der Waals surface area contributed by atoms with Gasteiger partial charge in [0, 0.05) is 28.4 Å². The SMILES string of the molecule is CCNC(c1cncnc1)c1cc2cc(Cl)ccc2o1. The molecule has 1 atom stereocenters. The average Bonchev–Trinajstić information content (AvgIpc) is 2.88. The molecular formula is C15H14ClN3O. The Hall–Kier alpha value is -1.91. The molecule has 0 fully saturated rings. The maximum atomic E-state index is 6.01. The highest BCUT2D eigenvalue weighted by Crippen LogP contribution is 2.29. The topological polar surface area (TPSA) is 51.0 Å². The number of nitrogens with zero attached hydrogens (tertiary/aromatic N) is 2. The van der Waals surface area contributed by atoms with E-state index in [4.69, 9.17) is 16.0 Å². The smallest absolute Gasteiger partial charge is 0.134 e. The Morgan fingerprint density at radius 2 is 2.05 bits per heavy atom. The minimum absolute atomic E-state index is 0.0626. The average molecular weight is 288 g/mol. The summed E-state index contributed by atoms with van der Waals surface area (Å²) in [5.74, 6) is 0.832. The molecule has 0 saturated heterocycles. The standard InChI is InChI=1S/C15H14ClN3O/c1-2-19-15(11-7-17-9-18-8-11)14-6-10-5-12(16)3-4-13(10)20-14/h3-9,15,19H,2H2,1H3. The quantitative estimate of drug-likeness (QED) is 0.797. The summed E-state index contributed by atoms with van der Waals surface area (Å²) in [4.78, 5) is 8.13. The van der Waals surface area contributed by atoms with Gasteiger partial charge in [0.25, 0.3) is 0 Å². The van der Waals surface area contributed by atoms with Gasteiger partial charge in [-0.1, -0.05) is 18.5 Å². The molecule has 0 spiro atoms. The Balaban J connectivity index is 2.05. The molecule has 0 radical (unpaired) electrons. The van der Waals surface area contributed by atoms with Crippen molar-refractivity contribution in [2.45, 2.75) is 13.0 Å². The predicted molar refractivity (Wildman–Crippen MR) is 78.8 cm³/mol. The molecule has 4 nitrogen and oxygen atoms in total. The molecule has 2 heterocycles. The van der Waals surface area contributed by atoms with E-state index in [1.807, 2.05) is 24.3 Å². The van der Waals surface area contributed by atoms with E-state index in [0.29, 0.717) is 5.02 Å². The van der Waals surface area contributed by atoms with E-state index in [1.54, 1.807) is 12.4 Å². The first-order valence-electron chi connectivity index (χ1n) is 6.45. The van der Waals surface area contributed by atoms with Gasteiger partial charge in [-0.15, -0.1) is 0 Å². The lowest BCUT2D eigenvalue weighted by Gasteiger charge is -2.14. The molecule has 0 saturated carbocycles. The number of halogens is 1. The summed E-state index contributed by atoms with van der Waals surface area (Å²) in [7, 11) is 0. The van der Waals surface area contributed by atoms with Crippen LogP contribution in [0.25, 0.3) is 11.0 Å². The van der Waals surface area contributed by atoms with Crippen LogP contribution in [0.5, 0.6) is 0 Å². The van der Waals surface area contributed by atoms with Gasteiger partial charge in [-0.3, -0.25) is 0 Å². The van der Waals surface area contributed by atoms with E-state index in [2.05, 4.69) is 22.2 Å². The second-order valence-electron chi connectivity index (χ2n) is 4.49. The number of aromatic nitrogens is 2. The predicted octanol–water partition coefficient (Wildman–Crippen LogP) is 3.58. The highest BCUT2D eigenvalue weighted by molar-refractivity contribution is 6.31. The van der Waals surface area contributed by atoms with Crippen molar-refractivity contribution in [2.24, 2.45) is 0 Å². The highest BCUT2D eigenvalue weighted by atomic mass is 35.5. The molecule has 0 aliphatic rings. The van der Waals surface area contributed by atoms with E-state index < -0.39 is 0 Å². The zero-order chi connectivity index (χ0) is 13.9. The van der Waals surface area contributed by atoms with E-state index in [1.165, 1.54) is 6.33 Å². The first-order chi connectivity index (χ1) is 9.78. The van der Waals surface area contributed by atoms with E-state index in [-0.39, 0.29) is 6.04 Å². The molecular weight excluding hydrogens is 274 g/mol. The van der Waals surface area contributed by atoms with Gasteiger partial charge in [-0.2, -0.15) is 0 Å². The normalized spacial score (nSPS) is 12.7. The van der Waals surface area contributed by atoms with Gasteiger partial charge >= 0.3 is 0 Å². The number of fused-ring (bicyclic) bond motifs is 1. The van der Waals surface area contributed by atoms with E-state index in [9.17, 15) is 0 Å². The summed E-state index contributed by atoms with van der Waals surface area (Å²) >= 11 is 6.01. The van der Waals surface area contributed by atoms with Crippen LogP contribution in [0.3, 0.4) is 0 Å². The number of benzene rings is 1.